The van der Waals surface area contributed by atoms with Gasteiger partial charge in [-0.1, -0.05) is 103 Å². The number of benzene rings is 4. The third-order valence-electron chi connectivity index (χ3n) is 8.46. The minimum Gasteiger partial charge on any atom is -0.481 e. The lowest BCUT2D eigenvalue weighted by atomic mass is 9.97. The van der Waals surface area contributed by atoms with Crippen LogP contribution in [0.1, 0.15) is 72.3 Å². The van der Waals surface area contributed by atoms with E-state index in [9.17, 15) is 14.7 Å². The van der Waals surface area contributed by atoms with E-state index in [1.807, 2.05) is 66.7 Å². The number of carboxylic acids is 1. The number of amides is 1. The van der Waals surface area contributed by atoms with Gasteiger partial charge in [-0.15, -0.1) is 0 Å². The van der Waals surface area contributed by atoms with Crippen LogP contribution in [0.5, 0.6) is 0 Å². The van der Waals surface area contributed by atoms with Crippen LogP contribution in [0.3, 0.4) is 0 Å². The number of likely N-dealkylation sites (N-methyl/N-ethyl adjacent to an activating group) is 1. The van der Waals surface area contributed by atoms with E-state index >= 15 is 0 Å². The van der Waals surface area contributed by atoms with Crippen LogP contribution in [-0.4, -0.2) is 46.7 Å². The molecular formula is C39H44N2O6. The fraction of sp³-hybridized carbons (Fsp3) is 0.333. The fourth-order valence-electron chi connectivity index (χ4n) is 5.96. The molecular weight excluding hydrogens is 592 g/mol. The summed E-state index contributed by atoms with van der Waals surface area (Å²) in [6.07, 6.45) is 1.36. The molecule has 1 amide bonds. The van der Waals surface area contributed by atoms with Crippen molar-refractivity contribution in [2.24, 2.45) is 0 Å². The molecule has 47 heavy (non-hydrogen) atoms. The summed E-state index contributed by atoms with van der Waals surface area (Å²) in [5, 5.41) is 21.3. The number of rotatable bonds is 15. The molecule has 8 heteroatoms. The number of carbonyl (C=O) groups is 2. The van der Waals surface area contributed by atoms with E-state index in [1.54, 1.807) is 0 Å². The molecule has 3 N–H and O–H groups in total. The largest absolute Gasteiger partial charge is 0.481 e. The standard InChI is InChI=1S/C39H44N2O6/c1-41(25-28-9-3-2-4-10-28)26-34-23-36(31-17-15-29(27-42)16-18-31)47-39(46-34)32-21-19-30(20-22-32)35-12-6-5-11-33(35)24-40-37(43)13-7-8-14-38(44)45/h2-6,9-12,15-22,34,36,39,42H,7-8,13-14,23-27H2,1H3,(H,40,43)(H,44,45)/t34-,36+,39+/m0/s1. The van der Waals surface area contributed by atoms with E-state index < -0.39 is 12.3 Å². The molecule has 0 saturated carbocycles. The fourth-order valence-corrected chi connectivity index (χ4v) is 5.96. The first-order valence-electron chi connectivity index (χ1n) is 16.3. The molecule has 0 radical (unpaired) electrons. The highest BCUT2D eigenvalue weighted by molar-refractivity contribution is 5.76. The maximum atomic E-state index is 12.4. The summed E-state index contributed by atoms with van der Waals surface area (Å²) < 4.78 is 13.1. The first kappa shape index (κ1) is 34.0. The van der Waals surface area contributed by atoms with Gasteiger partial charge in [0.15, 0.2) is 6.29 Å². The molecule has 0 unspecified atom stereocenters. The lowest BCUT2D eigenvalue weighted by molar-refractivity contribution is -0.252. The highest BCUT2D eigenvalue weighted by atomic mass is 16.7. The Morgan fingerprint density at radius 2 is 1.49 bits per heavy atom. The Balaban J connectivity index is 1.27. The maximum Gasteiger partial charge on any atom is 0.303 e. The number of ether oxygens (including phenoxy) is 2. The third kappa shape index (κ3) is 10.1. The van der Waals surface area contributed by atoms with Gasteiger partial charge < -0.3 is 25.0 Å². The van der Waals surface area contributed by atoms with Gasteiger partial charge in [0.25, 0.3) is 0 Å². The summed E-state index contributed by atoms with van der Waals surface area (Å²) in [6.45, 7) is 1.96. The zero-order chi connectivity index (χ0) is 33.0. The molecule has 0 spiro atoms. The molecule has 1 saturated heterocycles. The lowest BCUT2D eigenvalue weighted by Gasteiger charge is -2.38. The SMILES string of the molecule is CN(Cc1ccccc1)C[C@@H]1C[C@H](c2ccc(CO)cc2)O[C@H](c2ccc(-c3ccccc3CNC(=O)CCCCC(=O)O)cc2)O1. The van der Waals surface area contributed by atoms with E-state index in [0.717, 1.165) is 46.5 Å². The second-order valence-electron chi connectivity index (χ2n) is 12.2. The highest BCUT2D eigenvalue weighted by Gasteiger charge is 2.32. The number of nitrogens with zero attached hydrogens (tertiary/aromatic N) is 1. The molecule has 0 aromatic heterocycles. The summed E-state index contributed by atoms with van der Waals surface area (Å²) in [4.78, 5) is 25.4. The Morgan fingerprint density at radius 3 is 2.21 bits per heavy atom. The highest BCUT2D eigenvalue weighted by Crippen LogP contribution is 2.39. The number of hydrogen-bond acceptors (Lipinski definition) is 6. The Labute approximate surface area is 277 Å². The average molecular weight is 637 g/mol. The third-order valence-corrected chi connectivity index (χ3v) is 8.46. The minimum atomic E-state index is -0.841. The molecule has 1 aliphatic rings. The number of carbonyl (C=O) groups excluding carboxylic acids is 1. The quantitative estimate of drug-likeness (QED) is 0.123. The second kappa shape index (κ2) is 17.0. The zero-order valence-corrected chi connectivity index (χ0v) is 26.9. The van der Waals surface area contributed by atoms with E-state index in [4.69, 9.17) is 14.6 Å². The van der Waals surface area contributed by atoms with Crippen LogP contribution in [-0.2, 0) is 38.8 Å². The number of aliphatic hydroxyl groups excluding tert-OH is 1. The van der Waals surface area contributed by atoms with Crippen molar-refractivity contribution in [2.45, 2.75) is 70.3 Å². The van der Waals surface area contributed by atoms with Crippen molar-refractivity contribution < 1.29 is 29.3 Å². The Kier molecular flexibility index (Phi) is 12.3. The van der Waals surface area contributed by atoms with E-state index in [-0.39, 0.29) is 31.1 Å². The zero-order valence-electron chi connectivity index (χ0n) is 26.9. The van der Waals surface area contributed by atoms with Crippen LogP contribution >= 0.6 is 0 Å². The number of aliphatic hydroxyl groups is 1. The number of nitrogens with one attached hydrogen (secondary N) is 1. The van der Waals surface area contributed by atoms with Gasteiger partial charge in [-0.25, -0.2) is 0 Å². The van der Waals surface area contributed by atoms with Crippen molar-refractivity contribution in [1.29, 1.82) is 0 Å². The molecule has 1 heterocycles. The predicted molar refractivity (Wildman–Crippen MR) is 181 cm³/mol. The van der Waals surface area contributed by atoms with Gasteiger partial charge in [-0.2, -0.15) is 0 Å². The lowest BCUT2D eigenvalue weighted by Crippen LogP contribution is -2.37. The first-order chi connectivity index (χ1) is 22.9. The summed E-state index contributed by atoms with van der Waals surface area (Å²) in [7, 11) is 2.11. The van der Waals surface area contributed by atoms with E-state index in [0.29, 0.717) is 32.2 Å². The van der Waals surface area contributed by atoms with Crippen LogP contribution in [0.25, 0.3) is 11.1 Å². The molecule has 3 atom stereocenters. The number of unbranched alkanes of at least 4 members (excludes halogenated alkanes) is 1. The maximum absolute atomic E-state index is 12.4. The molecule has 8 nitrogen and oxygen atoms in total. The summed E-state index contributed by atoms with van der Waals surface area (Å²) in [5.41, 5.74) is 7.14. The second-order valence-corrected chi connectivity index (χ2v) is 12.2. The first-order valence-corrected chi connectivity index (χ1v) is 16.3. The van der Waals surface area contributed by atoms with E-state index in [1.165, 1.54) is 5.56 Å². The number of hydrogen-bond donors (Lipinski definition) is 3. The Morgan fingerprint density at radius 1 is 0.809 bits per heavy atom. The summed E-state index contributed by atoms with van der Waals surface area (Å²) in [6, 6.07) is 34.5. The molecule has 1 fully saturated rings. The van der Waals surface area contributed by atoms with Crippen molar-refractivity contribution in [2.75, 3.05) is 13.6 Å². The minimum absolute atomic E-state index is 0.000884. The van der Waals surface area contributed by atoms with Gasteiger partial charge in [-0.3, -0.25) is 14.5 Å². The van der Waals surface area contributed by atoms with Gasteiger partial charge in [0.1, 0.15) is 0 Å². The molecule has 4 aromatic rings. The molecule has 5 rings (SSSR count). The van der Waals surface area contributed by atoms with Gasteiger partial charge in [0, 0.05) is 44.5 Å². The number of aliphatic carboxylic acids is 1. The van der Waals surface area contributed by atoms with Crippen LogP contribution < -0.4 is 5.32 Å². The predicted octanol–water partition coefficient (Wildman–Crippen LogP) is 6.78. The number of carboxylic acid groups (broad SMARTS) is 1. The Hall–Kier alpha value is -4.34. The van der Waals surface area contributed by atoms with Crippen LogP contribution in [0.15, 0.2) is 103 Å². The summed E-state index contributed by atoms with van der Waals surface area (Å²) in [5.74, 6) is -0.928. The van der Waals surface area contributed by atoms with Crippen LogP contribution in [0.4, 0.5) is 0 Å². The molecule has 0 aliphatic carbocycles. The van der Waals surface area contributed by atoms with Crippen LogP contribution in [0, 0.1) is 0 Å². The van der Waals surface area contributed by atoms with Gasteiger partial charge in [0.2, 0.25) is 5.91 Å². The summed E-state index contributed by atoms with van der Waals surface area (Å²) >= 11 is 0. The van der Waals surface area contributed by atoms with Crippen molar-refractivity contribution >= 4 is 11.9 Å². The van der Waals surface area contributed by atoms with Gasteiger partial charge >= 0.3 is 5.97 Å². The van der Waals surface area contributed by atoms with Gasteiger partial charge in [-0.05, 0) is 53.3 Å². The average Bonchev–Trinajstić information content (AvgIpc) is 3.09. The van der Waals surface area contributed by atoms with Gasteiger partial charge in [0.05, 0.1) is 18.8 Å². The van der Waals surface area contributed by atoms with E-state index in [2.05, 4.69) is 53.7 Å². The molecule has 0 bridgehead atoms. The van der Waals surface area contributed by atoms with Crippen molar-refractivity contribution in [3.8, 4) is 11.1 Å². The van der Waals surface area contributed by atoms with Crippen molar-refractivity contribution in [3.63, 3.8) is 0 Å². The monoisotopic (exact) mass is 636 g/mol. The Bertz CT molecular complexity index is 1580. The normalized spacial score (nSPS) is 17.8. The smallest absolute Gasteiger partial charge is 0.303 e. The van der Waals surface area contributed by atoms with Crippen molar-refractivity contribution in [3.05, 3.63) is 131 Å². The molecule has 4 aromatic carbocycles. The molecule has 246 valence electrons. The van der Waals surface area contributed by atoms with Crippen molar-refractivity contribution in [1.82, 2.24) is 10.2 Å². The topological polar surface area (TPSA) is 108 Å². The van der Waals surface area contributed by atoms with Crippen LogP contribution in [0.2, 0.25) is 0 Å². The molecule has 1 aliphatic heterocycles.